The molecule has 0 bridgehead atoms. The van der Waals surface area contributed by atoms with Crippen molar-refractivity contribution in [2.75, 3.05) is 5.32 Å². The van der Waals surface area contributed by atoms with Crippen LogP contribution in [0.2, 0.25) is 5.02 Å². The maximum atomic E-state index is 6.24. The minimum atomic E-state index is 0.620. The summed E-state index contributed by atoms with van der Waals surface area (Å²) in [5.41, 5.74) is 3.93. The Bertz CT molecular complexity index is 1040. The average Bonchev–Trinajstić information content (AvgIpc) is 3.06. The molecule has 0 saturated carbocycles. The van der Waals surface area contributed by atoms with E-state index in [1.165, 1.54) is 0 Å². The van der Waals surface area contributed by atoms with E-state index in [0.717, 1.165) is 33.5 Å². The second-order valence-electron chi connectivity index (χ2n) is 5.70. The molecule has 0 aliphatic heterocycles. The zero-order valence-electron chi connectivity index (χ0n) is 13.5. The number of pyridine rings is 1. The van der Waals surface area contributed by atoms with Crippen molar-refractivity contribution in [1.82, 2.24) is 25.2 Å². The van der Waals surface area contributed by atoms with Crippen LogP contribution in [-0.2, 0) is 13.6 Å². The number of tetrazole rings is 1. The number of hydrogen-bond donors (Lipinski definition) is 1. The predicted octanol–water partition coefficient (Wildman–Crippen LogP) is 3.69. The summed E-state index contributed by atoms with van der Waals surface area (Å²) in [6, 6.07) is 15.8. The Morgan fingerprint density at radius 2 is 2.04 bits per heavy atom. The highest BCUT2D eigenvalue weighted by molar-refractivity contribution is 6.31. The largest absolute Gasteiger partial charge is 0.381 e. The summed E-state index contributed by atoms with van der Waals surface area (Å²) in [5, 5.41) is 16.8. The first-order valence-electron chi connectivity index (χ1n) is 7.80. The standard InChI is InChI=1S/C18H15ClN6/c1-25-18(22-23-24-25)13-4-2-6-16(10-13)21-11-14-9-15(19)8-12-5-3-7-20-17(12)14/h2-10,21H,11H2,1H3. The molecule has 0 atom stereocenters. The molecule has 0 amide bonds. The van der Waals surface area contributed by atoms with Gasteiger partial charge in [0.15, 0.2) is 5.82 Å². The molecule has 0 spiro atoms. The zero-order chi connectivity index (χ0) is 17.2. The van der Waals surface area contributed by atoms with Crippen LogP contribution in [0.3, 0.4) is 0 Å². The van der Waals surface area contributed by atoms with Crippen LogP contribution in [0.15, 0.2) is 54.7 Å². The molecule has 2 aromatic carbocycles. The maximum Gasteiger partial charge on any atom is 0.181 e. The highest BCUT2D eigenvalue weighted by atomic mass is 35.5. The summed E-state index contributed by atoms with van der Waals surface area (Å²) < 4.78 is 1.65. The van der Waals surface area contributed by atoms with Gasteiger partial charge < -0.3 is 5.32 Å². The van der Waals surface area contributed by atoms with Crippen LogP contribution >= 0.6 is 11.6 Å². The number of halogens is 1. The molecule has 25 heavy (non-hydrogen) atoms. The molecular formula is C18H15ClN6. The van der Waals surface area contributed by atoms with Crippen LogP contribution < -0.4 is 5.32 Å². The van der Waals surface area contributed by atoms with Crippen molar-refractivity contribution in [2.24, 2.45) is 7.05 Å². The molecule has 1 N–H and O–H groups in total. The Hall–Kier alpha value is -2.99. The molecule has 0 aliphatic carbocycles. The first-order valence-corrected chi connectivity index (χ1v) is 8.18. The SMILES string of the molecule is Cn1nnnc1-c1cccc(NCc2cc(Cl)cc3cccnc23)c1. The number of nitrogens with zero attached hydrogens (tertiary/aromatic N) is 5. The Kier molecular flexibility index (Phi) is 4.03. The summed E-state index contributed by atoms with van der Waals surface area (Å²) >= 11 is 6.24. The molecule has 0 unspecified atom stereocenters. The summed E-state index contributed by atoms with van der Waals surface area (Å²) in [4.78, 5) is 4.48. The van der Waals surface area contributed by atoms with Crippen LogP contribution in [0.25, 0.3) is 22.3 Å². The Labute approximate surface area is 149 Å². The third kappa shape index (κ3) is 3.16. The number of nitrogens with one attached hydrogen (secondary N) is 1. The van der Waals surface area contributed by atoms with E-state index in [1.807, 2.05) is 55.6 Å². The molecule has 2 aromatic heterocycles. The van der Waals surface area contributed by atoms with Gasteiger partial charge in [0, 0.05) is 41.4 Å². The van der Waals surface area contributed by atoms with E-state index < -0.39 is 0 Å². The van der Waals surface area contributed by atoms with E-state index in [9.17, 15) is 0 Å². The lowest BCUT2D eigenvalue weighted by Gasteiger charge is -2.10. The summed E-state index contributed by atoms with van der Waals surface area (Å²) in [7, 11) is 1.82. The fourth-order valence-corrected chi connectivity index (χ4v) is 3.05. The molecule has 4 aromatic rings. The van der Waals surface area contributed by atoms with E-state index in [4.69, 9.17) is 11.6 Å². The van der Waals surface area contributed by atoms with Gasteiger partial charge in [-0.25, -0.2) is 4.68 Å². The minimum absolute atomic E-state index is 0.620. The molecule has 124 valence electrons. The van der Waals surface area contributed by atoms with Crippen LogP contribution in [0.5, 0.6) is 0 Å². The quantitative estimate of drug-likeness (QED) is 0.608. The van der Waals surface area contributed by atoms with Gasteiger partial charge in [0.05, 0.1) is 5.52 Å². The minimum Gasteiger partial charge on any atom is -0.381 e. The molecule has 2 heterocycles. The molecule has 6 nitrogen and oxygen atoms in total. The van der Waals surface area contributed by atoms with Crippen molar-refractivity contribution in [3.05, 3.63) is 65.3 Å². The van der Waals surface area contributed by atoms with E-state index in [1.54, 1.807) is 10.9 Å². The average molecular weight is 351 g/mol. The number of rotatable bonds is 4. The number of anilines is 1. The Morgan fingerprint density at radius 3 is 2.88 bits per heavy atom. The van der Waals surface area contributed by atoms with Gasteiger partial charge in [-0.2, -0.15) is 0 Å². The second kappa shape index (κ2) is 6.49. The van der Waals surface area contributed by atoms with Crippen molar-refractivity contribution < 1.29 is 0 Å². The number of benzene rings is 2. The van der Waals surface area contributed by atoms with Crippen molar-refractivity contribution >= 4 is 28.2 Å². The van der Waals surface area contributed by atoms with Gasteiger partial charge in [0.2, 0.25) is 0 Å². The Morgan fingerprint density at radius 1 is 1.12 bits per heavy atom. The van der Waals surface area contributed by atoms with Gasteiger partial charge >= 0.3 is 0 Å². The topological polar surface area (TPSA) is 68.5 Å². The number of aromatic nitrogens is 5. The van der Waals surface area contributed by atoms with E-state index >= 15 is 0 Å². The third-order valence-corrected chi connectivity index (χ3v) is 4.19. The third-order valence-electron chi connectivity index (χ3n) is 3.97. The molecule has 0 saturated heterocycles. The van der Waals surface area contributed by atoms with Crippen molar-refractivity contribution in [2.45, 2.75) is 6.54 Å². The van der Waals surface area contributed by atoms with E-state index in [-0.39, 0.29) is 0 Å². The molecule has 0 aliphatic rings. The molecule has 0 fully saturated rings. The van der Waals surface area contributed by atoms with Gasteiger partial charge in [0.1, 0.15) is 0 Å². The van der Waals surface area contributed by atoms with Gasteiger partial charge in [-0.1, -0.05) is 29.8 Å². The molecule has 7 heteroatoms. The van der Waals surface area contributed by atoms with E-state index in [0.29, 0.717) is 11.6 Å². The van der Waals surface area contributed by atoms with Gasteiger partial charge in [-0.3, -0.25) is 4.98 Å². The number of hydrogen-bond acceptors (Lipinski definition) is 5. The second-order valence-corrected chi connectivity index (χ2v) is 6.14. The first-order chi connectivity index (χ1) is 12.2. The van der Waals surface area contributed by atoms with Crippen LogP contribution in [0.1, 0.15) is 5.56 Å². The van der Waals surface area contributed by atoms with Crippen LogP contribution in [-0.4, -0.2) is 25.2 Å². The monoisotopic (exact) mass is 350 g/mol. The zero-order valence-corrected chi connectivity index (χ0v) is 14.3. The highest BCUT2D eigenvalue weighted by Crippen LogP contribution is 2.24. The van der Waals surface area contributed by atoms with Crippen LogP contribution in [0.4, 0.5) is 5.69 Å². The fraction of sp³-hybridized carbons (Fsp3) is 0.111. The number of fused-ring (bicyclic) bond motifs is 1. The first kappa shape index (κ1) is 15.5. The normalized spacial score (nSPS) is 11.0. The smallest absolute Gasteiger partial charge is 0.181 e. The Balaban J connectivity index is 1.61. The number of aryl methyl sites for hydroxylation is 1. The lowest BCUT2D eigenvalue weighted by Crippen LogP contribution is -2.02. The predicted molar refractivity (Wildman–Crippen MR) is 98.3 cm³/mol. The lowest BCUT2D eigenvalue weighted by molar-refractivity contribution is 0.714. The van der Waals surface area contributed by atoms with Gasteiger partial charge in [0.25, 0.3) is 0 Å². The highest BCUT2D eigenvalue weighted by Gasteiger charge is 2.08. The lowest BCUT2D eigenvalue weighted by atomic mass is 10.1. The maximum absolute atomic E-state index is 6.24. The summed E-state index contributed by atoms with van der Waals surface area (Å²) in [6.45, 7) is 0.620. The van der Waals surface area contributed by atoms with Crippen LogP contribution in [0, 0.1) is 0 Å². The fourth-order valence-electron chi connectivity index (χ4n) is 2.80. The summed E-state index contributed by atoms with van der Waals surface area (Å²) in [6.07, 6.45) is 1.79. The molecule has 0 radical (unpaired) electrons. The van der Waals surface area contributed by atoms with Crippen molar-refractivity contribution in [3.63, 3.8) is 0 Å². The van der Waals surface area contributed by atoms with Crippen molar-refractivity contribution in [1.29, 1.82) is 0 Å². The van der Waals surface area contributed by atoms with E-state index in [2.05, 4.69) is 25.8 Å². The van der Waals surface area contributed by atoms with Crippen molar-refractivity contribution in [3.8, 4) is 11.4 Å². The van der Waals surface area contributed by atoms with Gasteiger partial charge in [-0.15, -0.1) is 5.10 Å². The summed E-state index contributed by atoms with van der Waals surface area (Å²) in [5.74, 6) is 0.721. The molecule has 4 rings (SSSR count). The molecular weight excluding hydrogens is 336 g/mol. The van der Waals surface area contributed by atoms with Gasteiger partial charge in [-0.05, 0) is 46.3 Å².